The van der Waals surface area contributed by atoms with Crippen LogP contribution in [0.5, 0.6) is 0 Å². The molecule has 0 radical (unpaired) electrons. The number of ether oxygens (including phenoxy) is 1. The maximum atomic E-state index is 12.9. The Hall–Kier alpha value is -1.73. The van der Waals surface area contributed by atoms with Gasteiger partial charge in [0, 0.05) is 13.0 Å². The second-order valence-electron chi connectivity index (χ2n) is 6.25. The van der Waals surface area contributed by atoms with Crippen molar-refractivity contribution >= 4 is 29.1 Å². The molecule has 0 unspecified atom stereocenters. The van der Waals surface area contributed by atoms with Crippen LogP contribution in [0, 0.1) is 11.8 Å². The van der Waals surface area contributed by atoms with Gasteiger partial charge in [0.1, 0.15) is 17.9 Å². The Bertz CT molecular complexity index is 660. The Kier molecular flexibility index (Phi) is 4.48. The molecule has 0 aliphatic carbocycles. The predicted octanol–water partition coefficient (Wildman–Crippen LogP) is 0.699. The molecule has 3 heterocycles. The molecular weight excluding hydrogens is 328 g/mol. The number of quaternary nitrogens is 1. The summed E-state index contributed by atoms with van der Waals surface area (Å²) in [6.07, 6.45) is 0.450. The highest BCUT2D eigenvalue weighted by molar-refractivity contribution is 7.10. The number of amides is 2. The van der Waals surface area contributed by atoms with Gasteiger partial charge in [0.25, 0.3) is 0 Å². The first-order chi connectivity index (χ1) is 11.5. The Morgan fingerprint density at radius 2 is 2.08 bits per heavy atom. The number of imide groups is 1. The maximum Gasteiger partial charge on any atom is 0.368 e. The predicted molar refractivity (Wildman–Crippen MR) is 88.0 cm³/mol. The zero-order valence-electron chi connectivity index (χ0n) is 14.2. The number of hydrogen-bond acceptors (Lipinski definition) is 5. The van der Waals surface area contributed by atoms with Crippen molar-refractivity contribution in [3.05, 3.63) is 22.4 Å². The van der Waals surface area contributed by atoms with E-state index in [0.717, 1.165) is 4.88 Å². The first-order valence-corrected chi connectivity index (χ1v) is 9.31. The van der Waals surface area contributed by atoms with E-state index in [2.05, 4.69) is 0 Å². The lowest BCUT2D eigenvalue weighted by atomic mass is 9.78. The highest BCUT2D eigenvalue weighted by Crippen LogP contribution is 2.46. The van der Waals surface area contributed by atoms with Crippen LogP contribution in [0.2, 0.25) is 0 Å². The van der Waals surface area contributed by atoms with Gasteiger partial charge in [-0.25, -0.2) is 4.79 Å². The van der Waals surface area contributed by atoms with Crippen LogP contribution in [0.15, 0.2) is 17.5 Å². The SMILES string of the molecule is CCOC(=O)[C@]1(CC)[NH2+][C@@H](c2cccs2)[C@H]2C(=O)N(CC)C(=O)[C@H]21. The lowest BCUT2D eigenvalue weighted by molar-refractivity contribution is -0.734. The summed E-state index contributed by atoms with van der Waals surface area (Å²) in [5.41, 5.74) is -1.02. The Morgan fingerprint density at radius 3 is 2.62 bits per heavy atom. The third-order valence-electron chi connectivity index (χ3n) is 5.29. The van der Waals surface area contributed by atoms with E-state index in [4.69, 9.17) is 4.74 Å². The maximum absolute atomic E-state index is 12.9. The van der Waals surface area contributed by atoms with Crippen LogP contribution in [0.3, 0.4) is 0 Å². The summed E-state index contributed by atoms with van der Waals surface area (Å²) in [5.74, 6) is -1.94. The zero-order chi connectivity index (χ0) is 17.5. The number of fused-ring (bicyclic) bond motifs is 1. The molecule has 130 valence electrons. The van der Waals surface area contributed by atoms with Crippen LogP contribution in [0.4, 0.5) is 0 Å². The number of nitrogens with zero attached hydrogens (tertiary/aromatic N) is 1. The van der Waals surface area contributed by atoms with Gasteiger partial charge in [0.05, 0.1) is 11.5 Å². The smallest absolute Gasteiger partial charge is 0.368 e. The highest BCUT2D eigenvalue weighted by atomic mass is 32.1. The number of likely N-dealkylation sites (tertiary alicyclic amines) is 1. The highest BCUT2D eigenvalue weighted by Gasteiger charge is 2.71. The molecule has 0 spiro atoms. The summed E-state index contributed by atoms with van der Waals surface area (Å²) in [5, 5.41) is 3.86. The molecule has 4 atom stereocenters. The van der Waals surface area contributed by atoms with E-state index in [-0.39, 0.29) is 30.4 Å². The number of esters is 1. The number of hydrogen-bond donors (Lipinski definition) is 1. The van der Waals surface area contributed by atoms with Crippen molar-refractivity contribution in [3.8, 4) is 0 Å². The first-order valence-electron chi connectivity index (χ1n) is 8.43. The third kappa shape index (κ3) is 2.22. The van der Waals surface area contributed by atoms with Crippen molar-refractivity contribution in [2.24, 2.45) is 11.8 Å². The van der Waals surface area contributed by atoms with Crippen LogP contribution in [0.25, 0.3) is 0 Å². The minimum atomic E-state index is -1.02. The summed E-state index contributed by atoms with van der Waals surface area (Å²) in [6, 6.07) is 3.68. The average Bonchev–Trinajstić information content (AvgIpc) is 3.25. The lowest BCUT2D eigenvalue weighted by Crippen LogP contribution is -2.98. The molecular formula is C17H23N2O4S+. The van der Waals surface area contributed by atoms with Crippen molar-refractivity contribution in [1.29, 1.82) is 0 Å². The molecule has 0 bridgehead atoms. The average molecular weight is 351 g/mol. The molecule has 2 N–H and O–H groups in total. The molecule has 0 saturated carbocycles. The summed E-state index contributed by atoms with van der Waals surface area (Å²) >= 11 is 1.55. The summed E-state index contributed by atoms with van der Waals surface area (Å²) in [7, 11) is 0. The minimum Gasteiger partial charge on any atom is -0.461 e. The van der Waals surface area contributed by atoms with Crippen LogP contribution in [-0.4, -0.2) is 41.4 Å². The second-order valence-corrected chi connectivity index (χ2v) is 7.23. The molecule has 6 nitrogen and oxygen atoms in total. The fourth-order valence-electron chi connectivity index (χ4n) is 4.18. The van der Waals surface area contributed by atoms with E-state index in [1.165, 1.54) is 4.90 Å². The van der Waals surface area contributed by atoms with Gasteiger partial charge in [-0.2, -0.15) is 0 Å². The third-order valence-corrected chi connectivity index (χ3v) is 6.26. The normalized spacial score (nSPS) is 32.3. The fraction of sp³-hybridized carbons (Fsp3) is 0.588. The molecule has 2 fully saturated rings. The second kappa shape index (κ2) is 6.29. The van der Waals surface area contributed by atoms with E-state index in [1.807, 2.05) is 29.8 Å². The van der Waals surface area contributed by atoms with Crippen molar-refractivity contribution in [2.75, 3.05) is 13.2 Å². The van der Waals surface area contributed by atoms with E-state index in [0.29, 0.717) is 13.0 Å². The van der Waals surface area contributed by atoms with E-state index >= 15 is 0 Å². The van der Waals surface area contributed by atoms with Gasteiger partial charge < -0.3 is 10.1 Å². The Morgan fingerprint density at radius 1 is 1.33 bits per heavy atom. The molecule has 1 aromatic heterocycles. The van der Waals surface area contributed by atoms with Gasteiger partial charge in [0.2, 0.25) is 17.4 Å². The van der Waals surface area contributed by atoms with Gasteiger partial charge >= 0.3 is 5.97 Å². The van der Waals surface area contributed by atoms with Crippen LogP contribution in [0.1, 0.15) is 38.1 Å². The number of nitrogens with two attached hydrogens (primary N) is 1. The van der Waals surface area contributed by atoms with Gasteiger partial charge in [-0.15, -0.1) is 11.3 Å². The molecule has 7 heteroatoms. The van der Waals surface area contributed by atoms with Crippen molar-refractivity contribution in [1.82, 2.24) is 4.90 Å². The quantitative estimate of drug-likeness (QED) is 0.625. The van der Waals surface area contributed by atoms with E-state index in [1.54, 1.807) is 25.2 Å². The Balaban J connectivity index is 2.10. The summed E-state index contributed by atoms with van der Waals surface area (Å²) in [6.45, 7) is 6.02. The number of carbonyl (C=O) groups excluding carboxylic acids is 3. The molecule has 24 heavy (non-hydrogen) atoms. The first kappa shape index (κ1) is 17.1. The molecule has 2 amide bonds. The molecule has 0 aromatic carbocycles. The number of carbonyl (C=O) groups is 3. The molecule has 2 saturated heterocycles. The Labute approximate surface area is 145 Å². The van der Waals surface area contributed by atoms with Crippen LogP contribution >= 0.6 is 11.3 Å². The van der Waals surface area contributed by atoms with Gasteiger partial charge in [-0.05, 0) is 25.3 Å². The largest absolute Gasteiger partial charge is 0.461 e. The minimum absolute atomic E-state index is 0.165. The standard InChI is InChI=1S/C17H22N2O4S/c1-4-17(16(22)23-6-3)12-11(14(20)19(5-2)15(12)21)13(18-17)10-8-7-9-24-10/h7-9,11-13,18H,4-6H2,1-3H3/p+1/t11-,12-,13-,17+/m0/s1. The molecule has 2 aliphatic heterocycles. The molecule has 3 rings (SSSR count). The number of thiophene rings is 1. The fourth-order valence-corrected chi connectivity index (χ4v) is 5.02. The summed E-state index contributed by atoms with van der Waals surface area (Å²) < 4.78 is 5.30. The molecule has 2 aliphatic rings. The van der Waals surface area contributed by atoms with Gasteiger partial charge in [-0.1, -0.05) is 13.0 Å². The van der Waals surface area contributed by atoms with Crippen molar-refractivity contribution in [2.45, 2.75) is 38.8 Å². The van der Waals surface area contributed by atoms with Gasteiger partial charge in [0.15, 0.2) is 0 Å². The van der Waals surface area contributed by atoms with Crippen LogP contribution in [-0.2, 0) is 19.1 Å². The lowest BCUT2D eigenvalue weighted by Gasteiger charge is -2.28. The monoisotopic (exact) mass is 351 g/mol. The summed E-state index contributed by atoms with van der Waals surface area (Å²) in [4.78, 5) is 40.9. The van der Waals surface area contributed by atoms with Crippen molar-refractivity contribution < 1.29 is 24.4 Å². The van der Waals surface area contributed by atoms with E-state index < -0.39 is 17.4 Å². The van der Waals surface area contributed by atoms with E-state index in [9.17, 15) is 14.4 Å². The van der Waals surface area contributed by atoms with Gasteiger partial charge in [-0.3, -0.25) is 14.5 Å². The topological polar surface area (TPSA) is 80.3 Å². The zero-order valence-corrected chi connectivity index (χ0v) is 15.0. The van der Waals surface area contributed by atoms with Crippen molar-refractivity contribution in [3.63, 3.8) is 0 Å². The van der Waals surface area contributed by atoms with Crippen LogP contribution < -0.4 is 5.32 Å². The molecule has 1 aromatic rings. The number of rotatable bonds is 5.